The molecule has 0 bridgehead atoms. The van der Waals surface area contributed by atoms with Crippen LogP contribution in [0.3, 0.4) is 0 Å². The van der Waals surface area contributed by atoms with Gasteiger partial charge in [-0.2, -0.15) is 11.8 Å². The third kappa shape index (κ3) is 4.43. The van der Waals surface area contributed by atoms with Gasteiger partial charge in [-0.05, 0) is 12.7 Å². The highest BCUT2D eigenvalue weighted by Crippen LogP contribution is 1.99. The third-order valence-electron chi connectivity index (χ3n) is 0.665. The van der Waals surface area contributed by atoms with Gasteiger partial charge in [0.15, 0.2) is 0 Å². The van der Waals surface area contributed by atoms with E-state index in [-0.39, 0.29) is 6.61 Å². The molecule has 1 radical (unpaired) electrons. The summed E-state index contributed by atoms with van der Waals surface area (Å²) in [6, 6.07) is 0. The van der Waals surface area contributed by atoms with Crippen LogP contribution in [-0.4, -0.2) is 34.4 Å². The van der Waals surface area contributed by atoms with E-state index in [0.717, 1.165) is 5.75 Å². The van der Waals surface area contributed by atoms with Crippen LogP contribution >= 0.6 is 11.8 Å². The molecule has 0 saturated heterocycles. The van der Waals surface area contributed by atoms with Crippen molar-refractivity contribution < 1.29 is 10.2 Å². The normalized spacial score (nSPS) is 13.9. The highest BCUT2D eigenvalue weighted by molar-refractivity contribution is 7.99. The Morgan fingerprint density at radius 1 is 1.62 bits per heavy atom. The highest BCUT2D eigenvalue weighted by atomic mass is 32.2. The van der Waals surface area contributed by atoms with Gasteiger partial charge in [0.25, 0.3) is 0 Å². The Bertz CT molecular complexity index is 49.7. The molecule has 49 valence electrons. The fraction of sp³-hybridized carbons (Fsp3) is 0.800. The van der Waals surface area contributed by atoms with Gasteiger partial charge in [0.1, 0.15) is 0 Å². The number of aliphatic hydroxyl groups excluding tert-OH is 2. The summed E-state index contributed by atoms with van der Waals surface area (Å²) in [7, 11) is 0. The molecule has 2 N–H and O–H groups in total. The second-order valence-electron chi connectivity index (χ2n) is 1.41. The average molecular weight is 135 g/mol. The maximum atomic E-state index is 8.69. The van der Waals surface area contributed by atoms with Gasteiger partial charge >= 0.3 is 0 Å². The molecule has 0 aliphatic rings. The molecule has 0 saturated carbocycles. The molecule has 0 rings (SSSR count). The van der Waals surface area contributed by atoms with Crippen molar-refractivity contribution in [3.8, 4) is 0 Å². The lowest BCUT2D eigenvalue weighted by atomic mass is 10.4. The second kappa shape index (κ2) is 5.41. The van der Waals surface area contributed by atoms with E-state index < -0.39 is 6.10 Å². The molecule has 0 fully saturated rings. The molecule has 0 heterocycles. The summed E-state index contributed by atoms with van der Waals surface area (Å²) >= 11 is 1.52. The van der Waals surface area contributed by atoms with Crippen LogP contribution in [0, 0.1) is 6.92 Å². The molecule has 3 heteroatoms. The summed E-state index contributed by atoms with van der Waals surface area (Å²) in [5, 5.41) is 17.0. The van der Waals surface area contributed by atoms with Crippen molar-refractivity contribution in [1.82, 2.24) is 0 Å². The van der Waals surface area contributed by atoms with Gasteiger partial charge in [-0.25, -0.2) is 0 Å². The number of rotatable bonds is 4. The van der Waals surface area contributed by atoms with E-state index in [1.165, 1.54) is 11.8 Å². The van der Waals surface area contributed by atoms with Crippen molar-refractivity contribution in [2.45, 2.75) is 6.10 Å². The highest BCUT2D eigenvalue weighted by Gasteiger charge is 1.98. The molecule has 0 aliphatic carbocycles. The first-order valence-corrected chi connectivity index (χ1v) is 3.62. The van der Waals surface area contributed by atoms with Crippen molar-refractivity contribution in [3.05, 3.63) is 6.92 Å². The lowest BCUT2D eigenvalue weighted by molar-refractivity contribution is 0.113. The standard InChI is InChI=1S/C5H11O2S/c1-2-8-4-5(7)3-6/h5-7H,1-4H2. The predicted molar refractivity (Wildman–Crippen MR) is 35.8 cm³/mol. The van der Waals surface area contributed by atoms with Gasteiger partial charge in [0.2, 0.25) is 0 Å². The van der Waals surface area contributed by atoms with Crippen LogP contribution < -0.4 is 0 Å². The number of hydrogen-bond acceptors (Lipinski definition) is 3. The first-order chi connectivity index (χ1) is 3.81. The summed E-state index contributed by atoms with van der Waals surface area (Å²) in [6.45, 7) is 3.42. The van der Waals surface area contributed by atoms with Crippen LogP contribution in [0.5, 0.6) is 0 Å². The van der Waals surface area contributed by atoms with Crippen molar-refractivity contribution in [2.24, 2.45) is 0 Å². The predicted octanol–water partition coefficient (Wildman–Crippen LogP) is -0.0931. The van der Waals surface area contributed by atoms with Crippen LogP contribution in [0.25, 0.3) is 0 Å². The Balaban J connectivity index is 2.86. The zero-order valence-corrected chi connectivity index (χ0v) is 5.52. The Morgan fingerprint density at radius 3 is 2.62 bits per heavy atom. The summed E-state index contributed by atoms with van der Waals surface area (Å²) in [6.07, 6.45) is -0.568. The van der Waals surface area contributed by atoms with Gasteiger partial charge in [0, 0.05) is 5.75 Å². The molecule has 0 aromatic heterocycles. The Morgan fingerprint density at radius 2 is 2.25 bits per heavy atom. The first-order valence-electron chi connectivity index (χ1n) is 2.47. The zero-order chi connectivity index (χ0) is 6.41. The van der Waals surface area contributed by atoms with E-state index in [1.54, 1.807) is 0 Å². The minimum Gasteiger partial charge on any atom is -0.394 e. The minimum atomic E-state index is -0.568. The Hall–Kier alpha value is 0.270. The molecule has 0 aliphatic heterocycles. The SMILES string of the molecule is [CH2]CSCC(O)CO. The lowest BCUT2D eigenvalue weighted by Gasteiger charge is -2.02. The van der Waals surface area contributed by atoms with E-state index in [9.17, 15) is 0 Å². The average Bonchev–Trinajstić information content (AvgIpc) is 1.83. The fourth-order valence-corrected chi connectivity index (χ4v) is 0.816. The summed E-state index contributed by atoms with van der Waals surface area (Å²) < 4.78 is 0. The molecule has 1 unspecified atom stereocenters. The zero-order valence-electron chi connectivity index (χ0n) is 4.71. The van der Waals surface area contributed by atoms with Gasteiger partial charge in [-0.3, -0.25) is 0 Å². The molecular formula is C5H11O2S. The van der Waals surface area contributed by atoms with Gasteiger partial charge in [-0.15, -0.1) is 0 Å². The fourth-order valence-electron chi connectivity index (χ4n) is 0.272. The molecule has 2 nitrogen and oxygen atoms in total. The van der Waals surface area contributed by atoms with Gasteiger partial charge in [-0.1, -0.05) is 0 Å². The van der Waals surface area contributed by atoms with E-state index in [4.69, 9.17) is 10.2 Å². The number of hydrogen-bond donors (Lipinski definition) is 2. The maximum Gasteiger partial charge on any atom is 0.0861 e. The Kier molecular flexibility index (Phi) is 5.59. The quantitative estimate of drug-likeness (QED) is 0.566. The molecule has 8 heavy (non-hydrogen) atoms. The van der Waals surface area contributed by atoms with Crippen LogP contribution in [0.2, 0.25) is 0 Å². The van der Waals surface area contributed by atoms with Crippen molar-refractivity contribution >= 4 is 11.8 Å². The monoisotopic (exact) mass is 135 g/mol. The molecule has 1 atom stereocenters. The first kappa shape index (κ1) is 8.27. The van der Waals surface area contributed by atoms with Crippen LogP contribution in [-0.2, 0) is 0 Å². The van der Waals surface area contributed by atoms with Crippen LogP contribution in [0.1, 0.15) is 0 Å². The van der Waals surface area contributed by atoms with Gasteiger partial charge in [0.05, 0.1) is 12.7 Å². The van der Waals surface area contributed by atoms with E-state index in [0.29, 0.717) is 5.75 Å². The maximum absolute atomic E-state index is 8.69. The van der Waals surface area contributed by atoms with E-state index in [2.05, 4.69) is 6.92 Å². The summed E-state index contributed by atoms with van der Waals surface area (Å²) in [5.41, 5.74) is 0. The molecule has 0 aromatic rings. The van der Waals surface area contributed by atoms with Crippen LogP contribution in [0.15, 0.2) is 0 Å². The molecule has 0 spiro atoms. The topological polar surface area (TPSA) is 40.5 Å². The number of thioether (sulfide) groups is 1. The minimum absolute atomic E-state index is 0.146. The van der Waals surface area contributed by atoms with Gasteiger partial charge < -0.3 is 10.2 Å². The molecule has 0 aromatic carbocycles. The smallest absolute Gasteiger partial charge is 0.0861 e. The van der Waals surface area contributed by atoms with E-state index in [1.807, 2.05) is 0 Å². The van der Waals surface area contributed by atoms with Crippen molar-refractivity contribution in [3.63, 3.8) is 0 Å². The molecular weight excluding hydrogens is 124 g/mol. The van der Waals surface area contributed by atoms with Crippen molar-refractivity contribution in [1.29, 1.82) is 0 Å². The molecule has 0 amide bonds. The largest absolute Gasteiger partial charge is 0.394 e. The van der Waals surface area contributed by atoms with Crippen molar-refractivity contribution in [2.75, 3.05) is 18.1 Å². The van der Waals surface area contributed by atoms with Crippen LogP contribution in [0.4, 0.5) is 0 Å². The third-order valence-corrected chi connectivity index (χ3v) is 1.57. The lowest BCUT2D eigenvalue weighted by Crippen LogP contribution is -2.14. The second-order valence-corrected chi connectivity index (χ2v) is 2.56. The summed E-state index contributed by atoms with van der Waals surface area (Å²) in [4.78, 5) is 0. The summed E-state index contributed by atoms with van der Waals surface area (Å²) in [5.74, 6) is 1.33. The Labute approximate surface area is 53.9 Å². The number of aliphatic hydroxyl groups is 2. The van der Waals surface area contributed by atoms with E-state index >= 15 is 0 Å².